The van der Waals surface area contributed by atoms with E-state index in [4.69, 9.17) is 9.73 Å². The van der Waals surface area contributed by atoms with Crippen LogP contribution in [0.4, 0.5) is 0 Å². The van der Waals surface area contributed by atoms with Gasteiger partial charge >= 0.3 is 0 Å². The molecule has 2 N–H and O–H groups in total. The Kier molecular flexibility index (Phi) is 11.1. The van der Waals surface area contributed by atoms with Crippen molar-refractivity contribution in [2.24, 2.45) is 4.99 Å². The van der Waals surface area contributed by atoms with Crippen LogP contribution in [0.1, 0.15) is 33.5 Å². The van der Waals surface area contributed by atoms with Gasteiger partial charge in [-0.15, -0.1) is 34.2 Å². The van der Waals surface area contributed by atoms with Gasteiger partial charge in [0.25, 0.3) is 0 Å². The first kappa shape index (κ1) is 23.1. The fourth-order valence-corrected chi connectivity index (χ4v) is 3.10. The molecule has 150 valence electrons. The lowest BCUT2D eigenvalue weighted by Crippen LogP contribution is -2.49. The van der Waals surface area contributed by atoms with Gasteiger partial charge in [-0.05, 0) is 20.8 Å². The second-order valence-corrected chi connectivity index (χ2v) is 6.45. The van der Waals surface area contributed by atoms with Crippen LogP contribution in [0.15, 0.2) is 11.3 Å². The van der Waals surface area contributed by atoms with E-state index in [9.17, 15) is 0 Å². The second kappa shape index (κ2) is 12.4. The van der Waals surface area contributed by atoms with E-state index in [2.05, 4.69) is 58.0 Å². The maximum atomic E-state index is 5.52. The Morgan fingerprint density at radius 1 is 1.42 bits per heavy atom. The Balaban J connectivity index is 0.00000338. The molecule has 1 fully saturated rings. The van der Waals surface area contributed by atoms with Gasteiger partial charge in [0.05, 0.1) is 19.8 Å². The van der Waals surface area contributed by atoms with Gasteiger partial charge in [-0.2, -0.15) is 0 Å². The van der Waals surface area contributed by atoms with Crippen LogP contribution < -0.4 is 10.6 Å². The third kappa shape index (κ3) is 6.99. The Bertz CT molecular complexity index is 537. The van der Waals surface area contributed by atoms with Crippen molar-refractivity contribution in [2.75, 3.05) is 39.4 Å². The predicted molar refractivity (Wildman–Crippen MR) is 115 cm³/mol. The highest BCUT2D eigenvalue weighted by atomic mass is 127. The minimum atomic E-state index is 0. The first-order valence-electron chi connectivity index (χ1n) is 9.38. The third-order valence-corrected chi connectivity index (χ3v) is 4.50. The summed E-state index contributed by atoms with van der Waals surface area (Å²) in [4.78, 5) is 7.23. The molecule has 1 aliphatic rings. The Labute approximate surface area is 174 Å². The van der Waals surface area contributed by atoms with E-state index in [1.54, 1.807) is 6.33 Å². The Hall–Kier alpha value is -0.940. The van der Waals surface area contributed by atoms with Crippen LogP contribution in [-0.2, 0) is 17.7 Å². The summed E-state index contributed by atoms with van der Waals surface area (Å²) in [5.74, 6) is 1.88. The third-order valence-electron chi connectivity index (χ3n) is 4.50. The number of hydrogen-bond acceptors (Lipinski definition) is 5. The molecule has 1 aromatic heterocycles. The first-order chi connectivity index (χ1) is 12.2. The number of hydrogen-bond donors (Lipinski definition) is 2. The van der Waals surface area contributed by atoms with E-state index >= 15 is 0 Å². The van der Waals surface area contributed by atoms with Gasteiger partial charge in [-0.1, -0.05) is 6.92 Å². The zero-order chi connectivity index (χ0) is 18.1. The Morgan fingerprint density at radius 3 is 2.92 bits per heavy atom. The molecule has 0 radical (unpaired) electrons. The fourth-order valence-electron chi connectivity index (χ4n) is 3.10. The van der Waals surface area contributed by atoms with Gasteiger partial charge in [0, 0.05) is 44.7 Å². The van der Waals surface area contributed by atoms with Gasteiger partial charge in [0.1, 0.15) is 12.2 Å². The molecule has 8 nitrogen and oxygen atoms in total. The largest absolute Gasteiger partial charge is 0.379 e. The van der Waals surface area contributed by atoms with Crippen molar-refractivity contribution in [3.8, 4) is 0 Å². The summed E-state index contributed by atoms with van der Waals surface area (Å²) in [6.07, 6.45) is 2.68. The molecule has 1 saturated heterocycles. The minimum absolute atomic E-state index is 0. The van der Waals surface area contributed by atoms with Crippen molar-refractivity contribution in [3.63, 3.8) is 0 Å². The van der Waals surface area contributed by atoms with Gasteiger partial charge in [0.15, 0.2) is 5.96 Å². The number of ether oxygens (including phenoxy) is 1. The summed E-state index contributed by atoms with van der Waals surface area (Å²) in [7, 11) is 0. The Morgan fingerprint density at radius 2 is 2.23 bits per heavy atom. The molecule has 2 atom stereocenters. The fraction of sp³-hybridized carbons (Fsp3) is 0.824. The maximum absolute atomic E-state index is 5.52. The summed E-state index contributed by atoms with van der Waals surface area (Å²) >= 11 is 0. The van der Waals surface area contributed by atoms with Crippen LogP contribution in [0.5, 0.6) is 0 Å². The van der Waals surface area contributed by atoms with Crippen LogP contribution >= 0.6 is 24.0 Å². The summed E-state index contributed by atoms with van der Waals surface area (Å²) in [6, 6.07) is 0.856. The lowest BCUT2D eigenvalue weighted by Gasteiger charge is -2.37. The van der Waals surface area contributed by atoms with Gasteiger partial charge < -0.3 is 19.9 Å². The van der Waals surface area contributed by atoms with Crippen molar-refractivity contribution in [1.82, 2.24) is 30.3 Å². The monoisotopic (exact) mass is 479 g/mol. The summed E-state index contributed by atoms with van der Waals surface area (Å²) in [5.41, 5.74) is 0. The van der Waals surface area contributed by atoms with Crippen molar-refractivity contribution in [2.45, 2.75) is 52.7 Å². The second-order valence-electron chi connectivity index (χ2n) is 6.45. The van der Waals surface area contributed by atoms with Crippen LogP contribution in [-0.4, -0.2) is 77.1 Å². The van der Waals surface area contributed by atoms with E-state index in [0.29, 0.717) is 12.1 Å². The molecule has 0 saturated carbocycles. The van der Waals surface area contributed by atoms with Gasteiger partial charge in [-0.25, -0.2) is 0 Å². The molecule has 1 aliphatic heterocycles. The summed E-state index contributed by atoms with van der Waals surface area (Å²) in [5, 5.41) is 14.8. The number of halogens is 1. The number of guanidine groups is 1. The highest BCUT2D eigenvalue weighted by Crippen LogP contribution is 2.10. The molecule has 26 heavy (non-hydrogen) atoms. The molecular formula is C17H34IN7O. The zero-order valence-corrected chi connectivity index (χ0v) is 18.8. The van der Waals surface area contributed by atoms with E-state index in [0.717, 1.165) is 64.1 Å². The van der Waals surface area contributed by atoms with Crippen LogP contribution in [0.2, 0.25) is 0 Å². The van der Waals surface area contributed by atoms with E-state index in [1.165, 1.54) is 0 Å². The average molecular weight is 479 g/mol. The predicted octanol–water partition coefficient (Wildman–Crippen LogP) is 1.12. The molecule has 0 spiro atoms. The van der Waals surface area contributed by atoms with E-state index in [1.807, 2.05) is 0 Å². The van der Waals surface area contributed by atoms with E-state index < -0.39 is 0 Å². The molecule has 2 rings (SSSR count). The topological polar surface area (TPSA) is 79.6 Å². The number of rotatable bonds is 8. The number of nitrogens with one attached hydrogen (secondary N) is 2. The highest BCUT2D eigenvalue weighted by Gasteiger charge is 2.23. The molecule has 0 aliphatic carbocycles. The summed E-state index contributed by atoms with van der Waals surface area (Å²) in [6.45, 7) is 14.5. The normalized spacial score (nSPS) is 19.7. The van der Waals surface area contributed by atoms with E-state index in [-0.39, 0.29) is 24.0 Å². The zero-order valence-electron chi connectivity index (χ0n) is 16.4. The first-order valence-corrected chi connectivity index (χ1v) is 9.38. The molecule has 0 aromatic carbocycles. The number of morpholine rings is 1. The number of nitrogens with zero attached hydrogens (tertiary/aromatic N) is 5. The molecule has 0 amide bonds. The molecule has 9 heteroatoms. The molecule has 2 heterocycles. The smallest absolute Gasteiger partial charge is 0.191 e. The van der Waals surface area contributed by atoms with Crippen LogP contribution in [0.25, 0.3) is 0 Å². The summed E-state index contributed by atoms with van der Waals surface area (Å²) < 4.78 is 7.60. The van der Waals surface area contributed by atoms with Crippen LogP contribution in [0, 0.1) is 0 Å². The quantitative estimate of drug-likeness (QED) is 0.331. The number of aliphatic imine (C=N–C) groups is 1. The molecule has 1 aromatic rings. The van der Waals surface area contributed by atoms with Crippen molar-refractivity contribution < 1.29 is 4.74 Å². The average Bonchev–Trinajstić information content (AvgIpc) is 3.07. The number of aromatic nitrogens is 3. The molecular weight excluding hydrogens is 445 g/mol. The lowest BCUT2D eigenvalue weighted by molar-refractivity contribution is -0.0165. The highest BCUT2D eigenvalue weighted by molar-refractivity contribution is 14.0. The van der Waals surface area contributed by atoms with Crippen molar-refractivity contribution in [3.05, 3.63) is 12.2 Å². The standard InChI is InChI=1S/C17H33N7O.HI/c1-5-16-22-21-13-23(16)8-7-19-17(18-6-2)20-11-14(3)24-9-10-25-12-15(24)4;/h13-15H,5-12H2,1-4H3,(H2,18,19,20);1H. The van der Waals surface area contributed by atoms with Crippen LogP contribution in [0.3, 0.4) is 0 Å². The van der Waals surface area contributed by atoms with Gasteiger partial charge in [-0.3, -0.25) is 9.89 Å². The van der Waals surface area contributed by atoms with Crippen molar-refractivity contribution in [1.29, 1.82) is 0 Å². The lowest BCUT2D eigenvalue weighted by atomic mass is 10.2. The SMILES string of the molecule is CCNC(=NCC(C)N1CCOCC1C)NCCn1cnnc1CC.I. The van der Waals surface area contributed by atoms with Crippen molar-refractivity contribution >= 4 is 29.9 Å². The number of aryl methyl sites for hydroxylation is 1. The minimum Gasteiger partial charge on any atom is -0.379 e. The molecule has 0 bridgehead atoms. The van der Waals surface area contributed by atoms with Gasteiger partial charge in [0.2, 0.25) is 0 Å². The maximum Gasteiger partial charge on any atom is 0.191 e. The molecule has 2 unspecified atom stereocenters.